The number of halogens is 1. The van der Waals surface area contributed by atoms with Gasteiger partial charge in [0.15, 0.2) is 5.76 Å². The third-order valence-electron chi connectivity index (χ3n) is 5.20. The molecule has 0 aliphatic rings. The van der Waals surface area contributed by atoms with E-state index in [0.29, 0.717) is 50.5 Å². The van der Waals surface area contributed by atoms with Crippen molar-refractivity contribution in [2.45, 2.75) is 20.3 Å². The second-order valence-electron chi connectivity index (χ2n) is 7.78. The van der Waals surface area contributed by atoms with E-state index in [1.807, 2.05) is 0 Å². The molecule has 1 aromatic heterocycles. The molecule has 184 valence electrons. The van der Waals surface area contributed by atoms with Crippen molar-refractivity contribution < 1.29 is 28.7 Å². The summed E-state index contributed by atoms with van der Waals surface area (Å²) >= 11 is 6.42. The highest BCUT2D eigenvalue weighted by Gasteiger charge is 2.30. The van der Waals surface area contributed by atoms with Crippen LogP contribution in [0, 0.1) is 6.92 Å². The number of anilines is 2. The van der Waals surface area contributed by atoms with Crippen molar-refractivity contribution in [3.8, 4) is 22.8 Å². The number of hydrogen-bond donors (Lipinski definition) is 1. The Balaban J connectivity index is 1.66. The Morgan fingerprint density at radius 3 is 2.47 bits per heavy atom. The van der Waals surface area contributed by atoms with E-state index in [2.05, 4.69) is 5.16 Å². The number of ether oxygens (including phenoxy) is 2. The van der Waals surface area contributed by atoms with Crippen molar-refractivity contribution in [2.75, 3.05) is 11.5 Å². The summed E-state index contributed by atoms with van der Waals surface area (Å²) in [6.07, 6.45) is -0.703. The number of aliphatic carboxylic acids is 1. The van der Waals surface area contributed by atoms with Crippen molar-refractivity contribution in [3.05, 3.63) is 89.1 Å². The van der Waals surface area contributed by atoms with E-state index in [1.54, 1.807) is 86.6 Å². The molecule has 0 aliphatic heterocycles. The van der Waals surface area contributed by atoms with Crippen LogP contribution in [-0.4, -0.2) is 28.9 Å². The Morgan fingerprint density at radius 2 is 1.78 bits per heavy atom. The molecule has 3 aromatic carbocycles. The number of rotatable bonds is 8. The second-order valence-corrected chi connectivity index (χ2v) is 8.18. The zero-order valence-electron chi connectivity index (χ0n) is 19.6. The summed E-state index contributed by atoms with van der Waals surface area (Å²) in [5.74, 6) is 0.501. The number of hydrogen-bond acceptors (Lipinski definition) is 6. The Kier molecular flexibility index (Phi) is 7.56. The first-order valence-electron chi connectivity index (χ1n) is 11.1. The third kappa shape index (κ3) is 5.50. The van der Waals surface area contributed by atoms with Crippen LogP contribution in [0.3, 0.4) is 0 Å². The van der Waals surface area contributed by atoms with E-state index in [-0.39, 0.29) is 13.0 Å². The van der Waals surface area contributed by atoms with E-state index in [9.17, 15) is 9.59 Å². The fraction of sp³-hybridized carbons (Fsp3) is 0.148. The predicted octanol–water partition coefficient (Wildman–Crippen LogP) is 7.02. The minimum Gasteiger partial charge on any atom is -0.481 e. The zero-order chi connectivity index (χ0) is 25.7. The van der Waals surface area contributed by atoms with Crippen LogP contribution in [0.25, 0.3) is 11.3 Å². The van der Waals surface area contributed by atoms with E-state index >= 15 is 0 Å². The van der Waals surface area contributed by atoms with Gasteiger partial charge in [0.2, 0.25) is 0 Å². The highest BCUT2D eigenvalue weighted by atomic mass is 35.5. The van der Waals surface area contributed by atoms with Gasteiger partial charge >= 0.3 is 12.1 Å². The van der Waals surface area contributed by atoms with Gasteiger partial charge in [-0.15, -0.1) is 0 Å². The maximum absolute atomic E-state index is 13.0. The highest BCUT2D eigenvalue weighted by molar-refractivity contribution is 6.34. The summed E-state index contributed by atoms with van der Waals surface area (Å²) in [4.78, 5) is 25.3. The number of carboxylic acid groups (broad SMARTS) is 1. The summed E-state index contributed by atoms with van der Waals surface area (Å²) in [6.45, 7) is 3.63. The van der Waals surface area contributed by atoms with Crippen molar-refractivity contribution in [1.82, 2.24) is 5.16 Å². The van der Waals surface area contributed by atoms with Crippen LogP contribution in [0.1, 0.15) is 18.2 Å². The number of amides is 1. The molecule has 36 heavy (non-hydrogen) atoms. The summed E-state index contributed by atoms with van der Waals surface area (Å²) < 4.78 is 16.8. The summed E-state index contributed by atoms with van der Waals surface area (Å²) in [6, 6.07) is 20.9. The maximum atomic E-state index is 13.0. The number of carboxylic acids is 1. The molecule has 0 saturated heterocycles. The van der Waals surface area contributed by atoms with Gasteiger partial charge in [0, 0.05) is 5.56 Å². The molecule has 0 radical (unpaired) electrons. The number of nitrogens with zero attached hydrogens (tertiary/aromatic N) is 2. The van der Waals surface area contributed by atoms with Crippen molar-refractivity contribution in [1.29, 1.82) is 0 Å². The molecular weight excluding hydrogens is 484 g/mol. The first-order chi connectivity index (χ1) is 17.4. The topological polar surface area (TPSA) is 102 Å². The standard InChI is InChI=1S/C27H23ClN2O6/c1-3-34-27(33)30(23-10-5-4-9-22(23)28)25-17(2)29-36-26(25)19-11-13-20(14-12-19)35-21-8-6-7-18(15-21)16-24(31)32/h4-15H,3,16H2,1-2H3,(H,31,32). The van der Waals surface area contributed by atoms with Gasteiger partial charge in [0.1, 0.15) is 22.9 Å². The lowest BCUT2D eigenvalue weighted by molar-refractivity contribution is -0.136. The second kappa shape index (κ2) is 11.0. The molecule has 8 nitrogen and oxygen atoms in total. The summed E-state index contributed by atoms with van der Waals surface area (Å²) in [7, 11) is 0. The number of para-hydroxylation sites is 1. The number of benzene rings is 3. The minimum absolute atomic E-state index is 0.0911. The number of carbonyl (C=O) groups is 2. The fourth-order valence-electron chi connectivity index (χ4n) is 3.65. The molecular formula is C27H23ClN2O6. The average Bonchev–Trinajstić information content (AvgIpc) is 3.22. The predicted molar refractivity (Wildman–Crippen MR) is 135 cm³/mol. The normalized spacial score (nSPS) is 10.6. The molecule has 4 rings (SSSR count). The van der Waals surface area contributed by atoms with Gasteiger partial charge in [-0.05, 0) is 67.9 Å². The molecule has 1 heterocycles. The lowest BCUT2D eigenvalue weighted by Crippen LogP contribution is -2.27. The third-order valence-corrected chi connectivity index (χ3v) is 5.52. The van der Waals surface area contributed by atoms with Gasteiger partial charge in [-0.25, -0.2) is 9.69 Å². The quantitative estimate of drug-likeness (QED) is 0.274. The van der Waals surface area contributed by atoms with Gasteiger partial charge < -0.3 is 19.1 Å². The van der Waals surface area contributed by atoms with Crippen molar-refractivity contribution >= 4 is 35.0 Å². The van der Waals surface area contributed by atoms with Gasteiger partial charge in [0.25, 0.3) is 0 Å². The van der Waals surface area contributed by atoms with Crippen LogP contribution >= 0.6 is 11.6 Å². The molecule has 0 aliphatic carbocycles. The molecule has 0 saturated carbocycles. The lowest BCUT2D eigenvalue weighted by atomic mass is 10.1. The Bertz CT molecular complexity index is 1380. The fourth-order valence-corrected chi connectivity index (χ4v) is 3.87. The Hall–Kier alpha value is -4.30. The molecule has 0 spiro atoms. The van der Waals surface area contributed by atoms with Crippen LogP contribution in [0.2, 0.25) is 5.02 Å². The Labute approximate surface area is 212 Å². The van der Waals surface area contributed by atoms with Crippen molar-refractivity contribution in [3.63, 3.8) is 0 Å². The van der Waals surface area contributed by atoms with Gasteiger partial charge in [0.05, 0.1) is 23.7 Å². The van der Waals surface area contributed by atoms with Crippen LogP contribution in [0.15, 0.2) is 77.3 Å². The molecule has 1 N–H and O–H groups in total. The van der Waals surface area contributed by atoms with Crippen LogP contribution in [-0.2, 0) is 16.0 Å². The number of carbonyl (C=O) groups excluding carboxylic acids is 1. The molecule has 0 fully saturated rings. The van der Waals surface area contributed by atoms with Gasteiger partial charge in [-0.3, -0.25) is 4.79 Å². The van der Waals surface area contributed by atoms with Gasteiger partial charge in [-0.1, -0.05) is 41.0 Å². The van der Waals surface area contributed by atoms with Crippen LogP contribution in [0.5, 0.6) is 11.5 Å². The van der Waals surface area contributed by atoms with E-state index in [0.717, 1.165) is 0 Å². The summed E-state index contributed by atoms with van der Waals surface area (Å²) in [5, 5.41) is 13.5. The van der Waals surface area contributed by atoms with Crippen LogP contribution < -0.4 is 9.64 Å². The van der Waals surface area contributed by atoms with E-state index in [4.69, 9.17) is 30.7 Å². The number of aryl methyl sites for hydroxylation is 1. The first-order valence-corrected chi connectivity index (χ1v) is 11.5. The molecule has 0 unspecified atom stereocenters. The molecule has 0 atom stereocenters. The van der Waals surface area contributed by atoms with E-state index in [1.165, 1.54) is 4.90 Å². The summed E-state index contributed by atoms with van der Waals surface area (Å²) in [5.41, 5.74) is 2.62. The van der Waals surface area contributed by atoms with Crippen LogP contribution in [0.4, 0.5) is 16.2 Å². The van der Waals surface area contributed by atoms with Gasteiger partial charge in [-0.2, -0.15) is 0 Å². The number of aromatic nitrogens is 1. The zero-order valence-corrected chi connectivity index (χ0v) is 20.4. The SMILES string of the molecule is CCOC(=O)N(c1ccccc1Cl)c1c(C)noc1-c1ccc(Oc2cccc(CC(=O)O)c2)cc1. The molecule has 4 aromatic rings. The average molecular weight is 507 g/mol. The minimum atomic E-state index is -0.914. The maximum Gasteiger partial charge on any atom is 0.419 e. The lowest BCUT2D eigenvalue weighted by Gasteiger charge is -2.23. The first kappa shape index (κ1) is 24.8. The molecule has 1 amide bonds. The van der Waals surface area contributed by atoms with Crippen molar-refractivity contribution in [2.24, 2.45) is 0 Å². The largest absolute Gasteiger partial charge is 0.481 e. The molecule has 0 bridgehead atoms. The Morgan fingerprint density at radius 1 is 1.03 bits per heavy atom. The van der Waals surface area contributed by atoms with E-state index < -0.39 is 12.1 Å². The molecule has 9 heteroatoms. The smallest absolute Gasteiger partial charge is 0.419 e. The highest BCUT2D eigenvalue weighted by Crippen LogP contribution is 2.41. The monoisotopic (exact) mass is 506 g/mol.